The first-order valence-corrected chi connectivity index (χ1v) is 5.83. The quantitative estimate of drug-likeness (QED) is 0.926. The smallest absolute Gasteiger partial charge is 0.192 e. The minimum absolute atomic E-state index is 0.0803. The SMILES string of the molecule is COCc1cc(=O)c2c(F)c(Br)cc(C)c2[nH]1. The number of benzene rings is 1. The first-order chi connectivity index (χ1) is 8.04. The Morgan fingerprint density at radius 2 is 2.18 bits per heavy atom. The molecule has 5 heteroatoms. The van der Waals surface area contributed by atoms with Crippen molar-refractivity contribution in [1.29, 1.82) is 0 Å². The van der Waals surface area contributed by atoms with Crippen LogP contribution in [0, 0.1) is 12.7 Å². The van der Waals surface area contributed by atoms with Gasteiger partial charge in [-0.1, -0.05) is 0 Å². The number of pyridine rings is 1. The van der Waals surface area contributed by atoms with E-state index < -0.39 is 5.82 Å². The van der Waals surface area contributed by atoms with Gasteiger partial charge in [0, 0.05) is 18.9 Å². The number of aromatic nitrogens is 1. The molecule has 0 atom stereocenters. The van der Waals surface area contributed by atoms with Crippen LogP contribution < -0.4 is 5.43 Å². The number of methoxy groups -OCH3 is 1. The Morgan fingerprint density at radius 3 is 2.82 bits per heavy atom. The average Bonchev–Trinajstić information content (AvgIpc) is 2.26. The third kappa shape index (κ3) is 2.12. The summed E-state index contributed by atoms with van der Waals surface area (Å²) in [7, 11) is 1.54. The molecule has 0 aliphatic carbocycles. The van der Waals surface area contributed by atoms with Crippen LogP contribution in [0.15, 0.2) is 21.4 Å². The van der Waals surface area contributed by atoms with E-state index >= 15 is 0 Å². The molecule has 1 heterocycles. The van der Waals surface area contributed by atoms with E-state index in [0.717, 1.165) is 5.56 Å². The van der Waals surface area contributed by atoms with Gasteiger partial charge in [0.15, 0.2) is 11.2 Å². The lowest BCUT2D eigenvalue weighted by Gasteiger charge is -2.08. The minimum atomic E-state index is -0.532. The summed E-state index contributed by atoms with van der Waals surface area (Å²) in [6.45, 7) is 2.11. The van der Waals surface area contributed by atoms with Crippen LogP contribution in [0.4, 0.5) is 4.39 Å². The Balaban J connectivity index is 2.86. The van der Waals surface area contributed by atoms with Crippen LogP contribution in [-0.4, -0.2) is 12.1 Å². The van der Waals surface area contributed by atoms with Gasteiger partial charge in [-0.2, -0.15) is 0 Å². The molecular formula is C12H11BrFNO2. The summed E-state index contributed by atoms with van der Waals surface area (Å²) < 4.78 is 19.1. The largest absolute Gasteiger partial charge is 0.378 e. The van der Waals surface area contributed by atoms with Crippen LogP contribution in [0.5, 0.6) is 0 Å². The van der Waals surface area contributed by atoms with Crippen molar-refractivity contribution in [3.05, 3.63) is 43.9 Å². The Kier molecular flexibility index (Phi) is 3.31. The van der Waals surface area contributed by atoms with Crippen molar-refractivity contribution in [2.45, 2.75) is 13.5 Å². The first-order valence-electron chi connectivity index (χ1n) is 5.04. The highest BCUT2D eigenvalue weighted by Crippen LogP contribution is 2.25. The van der Waals surface area contributed by atoms with Gasteiger partial charge in [0.2, 0.25) is 0 Å². The second kappa shape index (κ2) is 4.58. The number of rotatable bonds is 2. The van der Waals surface area contributed by atoms with E-state index in [2.05, 4.69) is 20.9 Å². The Morgan fingerprint density at radius 1 is 1.47 bits per heavy atom. The van der Waals surface area contributed by atoms with Crippen molar-refractivity contribution in [2.75, 3.05) is 7.11 Å². The zero-order valence-electron chi connectivity index (χ0n) is 9.43. The lowest BCUT2D eigenvalue weighted by atomic mass is 10.1. The molecule has 0 aliphatic heterocycles. The van der Waals surface area contributed by atoms with E-state index in [1.54, 1.807) is 6.07 Å². The summed E-state index contributed by atoms with van der Waals surface area (Å²) in [5.74, 6) is -0.532. The molecule has 0 aliphatic rings. The molecule has 2 rings (SSSR count). The molecule has 0 saturated carbocycles. The summed E-state index contributed by atoms with van der Waals surface area (Å²) in [5, 5.41) is 0.0803. The van der Waals surface area contributed by atoms with Gasteiger partial charge in [-0.05, 0) is 34.5 Å². The Labute approximate surface area is 106 Å². The van der Waals surface area contributed by atoms with Gasteiger partial charge in [-0.15, -0.1) is 0 Å². The van der Waals surface area contributed by atoms with Crippen LogP contribution in [0.1, 0.15) is 11.3 Å². The van der Waals surface area contributed by atoms with Crippen molar-refractivity contribution in [1.82, 2.24) is 4.98 Å². The lowest BCUT2D eigenvalue weighted by Crippen LogP contribution is -2.09. The maximum absolute atomic E-state index is 13.9. The maximum Gasteiger partial charge on any atom is 0.192 e. The van der Waals surface area contributed by atoms with Crippen molar-refractivity contribution >= 4 is 26.8 Å². The monoisotopic (exact) mass is 299 g/mol. The number of aryl methyl sites for hydroxylation is 1. The highest BCUT2D eigenvalue weighted by atomic mass is 79.9. The molecule has 0 spiro atoms. The van der Waals surface area contributed by atoms with Crippen LogP contribution >= 0.6 is 15.9 Å². The van der Waals surface area contributed by atoms with Crippen LogP contribution in [0.3, 0.4) is 0 Å². The molecule has 0 fully saturated rings. The van der Waals surface area contributed by atoms with E-state index in [1.807, 2.05) is 6.92 Å². The second-order valence-corrected chi connectivity index (χ2v) is 4.69. The number of hydrogen-bond acceptors (Lipinski definition) is 2. The average molecular weight is 300 g/mol. The normalized spacial score (nSPS) is 11.1. The standard InChI is InChI=1S/C12H11BrFNO2/c1-6-3-8(13)11(14)10-9(16)4-7(5-17-2)15-12(6)10/h3-4H,5H2,1-2H3,(H,15,16). The van der Waals surface area contributed by atoms with Gasteiger partial charge in [0.1, 0.15) is 0 Å². The topological polar surface area (TPSA) is 42.1 Å². The molecule has 2 aromatic rings. The second-order valence-electron chi connectivity index (χ2n) is 3.83. The van der Waals surface area contributed by atoms with E-state index in [4.69, 9.17) is 4.74 Å². The van der Waals surface area contributed by atoms with Crippen LogP contribution in [-0.2, 0) is 11.3 Å². The number of aromatic amines is 1. The highest BCUT2D eigenvalue weighted by Gasteiger charge is 2.13. The number of halogens is 2. The molecule has 0 radical (unpaired) electrons. The molecule has 90 valence electrons. The third-order valence-electron chi connectivity index (χ3n) is 2.55. The van der Waals surface area contributed by atoms with Gasteiger partial charge in [-0.3, -0.25) is 4.79 Å². The van der Waals surface area contributed by atoms with Crippen LogP contribution in [0.25, 0.3) is 10.9 Å². The summed E-state index contributed by atoms with van der Waals surface area (Å²) in [6, 6.07) is 3.00. The molecular weight excluding hydrogens is 289 g/mol. The molecule has 3 nitrogen and oxygen atoms in total. The predicted octanol–water partition coefficient (Wildman–Crippen LogP) is 2.88. The molecule has 1 aromatic heterocycles. The number of fused-ring (bicyclic) bond motifs is 1. The van der Waals surface area contributed by atoms with E-state index in [-0.39, 0.29) is 10.8 Å². The lowest BCUT2D eigenvalue weighted by molar-refractivity contribution is 0.181. The molecule has 0 amide bonds. The summed E-state index contributed by atoms with van der Waals surface area (Å²) >= 11 is 3.10. The molecule has 17 heavy (non-hydrogen) atoms. The molecule has 0 bridgehead atoms. The van der Waals surface area contributed by atoms with E-state index in [9.17, 15) is 9.18 Å². The van der Waals surface area contributed by atoms with Gasteiger partial charge in [-0.25, -0.2) is 4.39 Å². The summed E-state index contributed by atoms with van der Waals surface area (Å²) in [4.78, 5) is 14.9. The zero-order valence-corrected chi connectivity index (χ0v) is 11.0. The first kappa shape index (κ1) is 12.3. The van der Waals surface area contributed by atoms with E-state index in [0.29, 0.717) is 22.3 Å². The maximum atomic E-state index is 13.9. The van der Waals surface area contributed by atoms with Crippen molar-refractivity contribution < 1.29 is 9.13 Å². The molecule has 0 unspecified atom stereocenters. The van der Waals surface area contributed by atoms with Gasteiger partial charge in [0.25, 0.3) is 0 Å². The molecule has 1 aromatic carbocycles. The fourth-order valence-corrected chi connectivity index (χ4v) is 2.35. The van der Waals surface area contributed by atoms with Gasteiger partial charge < -0.3 is 9.72 Å². The number of hydrogen-bond donors (Lipinski definition) is 1. The summed E-state index contributed by atoms with van der Waals surface area (Å²) in [5.41, 5.74) is 1.62. The predicted molar refractivity (Wildman–Crippen MR) is 67.7 cm³/mol. The van der Waals surface area contributed by atoms with Gasteiger partial charge in [0.05, 0.1) is 22.0 Å². The molecule has 0 saturated heterocycles. The van der Waals surface area contributed by atoms with E-state index in [1.165, 1.54) is 13.2 Å². The highest BCUT2D eigenvalue weighted by molar-refractivity contribution is 9.10. The number of nitrogens with one attached hydrogen (secondary N) is 1. The number of H-pyrrole nitrogens is 1. The molecule has 1 N–H and O–H groups in total. The van der Waals surface area contributed by atoms with Crippen LogP contribution in [0.2, 0.25) is 0 Å². The van der Waals surface area contributed by atoms with Crippen molar-refractivity contribution in [3.63, 3.8) is 0 Å². The fourth-order valence-electron chi connectivity index (χ4n) is 1.80. The van der Waals surface area contributed by atoms with Gasteiger partial charge >= 0.3 is 0 Å². The fraction of sp³-hybridized carbons (Fsp3) is 0.250. The number of ether oxygens (including phenoxy) is 1. The minimum Gasteiger partial charge on any atom is -0.378 e. The Hall–Kier alpha value is -1.20. The van der Waals surface area contributed by atoms with Crippen molar-refractivity contribution in [2.24, 2.45) is 0 Å². The zero-order chi connectivity index (χ0) is 12.6. The van der Waals surface area contributed by atoms with Crippen molar-refractivity contribution in [3.8, 4) is 0 Å². The third-order valence-corrected chi connectivity index (χ3v) is 3.13. The summed E-state index contributed by atoms with van der Waals surface area (Å²) in [6.07, 6.45) is 0. The Bertz CT molecular complexity index is 636.